The van der Waals surface area contributed by atoms with E-state index in [9.17, 15) is 9.59 Å². The molecule has 0 aromatic heterocycles. The summed E-state index contributed by atoms with van der Waals surface area (Å²) in [4.78, 5) is 24.0. The second kappa shape index (κ2) is 6.97. The molecule has 0 saturated carbocycles. The number of carbonyl (C=O) groups excluding carboxylic acids is 2. The maximum absolute atomic E-state index is 12.3. The first-order chi connectivity index (χ1) is 11.6. The summed E-state index contributed by atoms with van der Waals surface area (Å²) in [5.74, 6) is 1.13. The molecule has 0 bridgehead atoms. The molecule has 1 atom stereocenters. The lowest BCUT2D eigenvalue weighted by Gasteiger charge is -2.23. The largest absolute Gasteiger partial charge is 0.479 e. The molecule has 124 valence electrons. The molecule has 1 aliphatic heterocycles. The Morgan fingerprint density at radius 3 is 2.71 bits per heavy atom. The van der Waals surface area contributed by atoms with Crippen LogP contribution in [0.25, 0.3) is 0 Å². The molecule has 0 fully saturated rings. The van der Waals surface area contributed by atoms with Crippen molar-refractivity contribution >= 4 is 35.0 Å². The fraction of sp³-hybridized carbons (Fsp3) is 0.222. The van der Waals surface area contributed by atoms with Gasteiger partial charge in [-0.05, 0) is 49.1 Å². The van der Waals surface area contributed by atoms with Crippen LogP contribution in [-0.4, -0.2) is 24.2 Å². The molecule has 0 spiro atoms. The summed E-state index contributed by atoms with van der Waals surface area (Å²) in [7, 11) is 0. The summed E-state index contributed by atoms with van der Waals surface area (Å²) in [6.45, 7) is 1.69. The second-order valence-electron chi connectivity index (χ2n) is 5.54. The van der Waals surface area contributed by atoms with Crippen molar-refractivity contribution in [2.45, 2.75) is 18.8 Å². The number of hydrogen-bond acceptors (Lipinski definition) is 4. The molecule has 3 rings (SSSR count). The van der Waals surface area contributed by atoms with Crippen LogP contribution in [0.1, 0.15) is 22.8 Å². The number of carbonyl (C=O) groups is 2. The first-order valence-corrected chi connectivity index (χ1v) is 8.97. The fourth-order valence-corrected chi connectivity index (χ4v) is 2.93. The van der Waals surface area contributed by atoms with Crippen LogP contribution in [0.2, 0.25) is 0 Å². The molecule has 6 heteroatoms. The van der Waals surface area contributed by atoms with Crippen molar-refractivity contribution in [2.24, 2.45) is 0 Å². The summed E-state index contributed by atoms with van der Waals surface area (Å²) < 4.78 is 5.50. The highest BCUT2D eigenvalue weighted by atomic mass is 32.2. The minimum absolute atomic E-state index is 0.193. The van der Waals surface area contributed by atoms with E-state index >= 15 is 0 Å². The molecule has 5 nitrogen and oxygen atoms in total. The van der Waals surface area contributed by atoms with Crippen molar-refractivity contribution < 1.29 is 14.3 Å². The predicted molar refractivity (Wildman–Crippen MR) is 96.8 cm³/mol. The van der Waals surface area contributed by atoms with Crippen LogP contribution in [0.15, 0.2) is 42.5 Å². The van der Waals surface area contributed by atoms with Gasteiger partial charge in [-0.2, -0.15) is 11.8 Å². The van der Waals surface area contributed by atoms with Crippen LogP contribution in [0.3, 0.4) is 0 Å². The Bertz CT molecular complexity index is 774. The molecule has 2 aromatic carbocycles. The highest BCUT2D eigenvalue weighted by Gasteiger charge is 2.23. The summed E-state index contributed by atoms with van der Waals surface area (Å²) in [5.41, 5.74) is 2.94. The van der Waals surface area contributed by atoms with Crippen LogP contribution in [0.5, 0.6) is 5.75 Å². The number of amides is 2. The third-order valence-electron chi connectivity index (χ3n) is 3.70. The van der Waals surface area contributed by atoms with E-state index in [0.29, 0.717) is 22.7 Å². The Labute approximate surface area is 144 Å². The quantitative estimate of drug-likeness (QED) is 0.892. The third kappa shape index (κ3) is 3.54. The van der Waals surface area contributed by atoms with E-state index in [1.54, 1.807) is 36.9 Å². The number of nitrogens with one attached hydrogen (secondary N) is 2. The van der Waals surface area contributed by atoms with Crippen LogP contribution >= 0.6 is 11.8 Å². The van der Waals surface area contributed by atoms with Crippen molar-refractivity contribution in [3.8, 4) is 5.75 Å². The SMILES string of the molecule is CSCc1ccc(C(=O)Nc2ccc3c(c2)NC(=O)[C@H](C)O3)cc1. The first kappa shape index (κ1) is 16.4. The first-order valence-electron chi connectivity index (χ1n) is 7.57. The van der Waals surface area contributed by atoms with Gasteiger partial charge in [0.15, 0.2) is 6.10 Å². The maximum Gasteiger partial charge on any atom is 0.265 e. The zero-order valence-electron chi connectivity index (χ0n) is 13.5. The Hall–Kier alpha value is -2.47. The second-order valence-corrected chi connectivity index (χ2v) is 6.41. The average molecular weight is 342 g/mol. The fourth-order valence-electron chi connectivity index (χ4n) is 2.41. The van der Waals surface area contributed by atoms with E-state index in [0.717, 1.165) is 5.75 Å². The van der Waals surface area contributed by atoms with Crippen LogP contribution in [0.4, 0.5) is 11.4 Å². The van der Waals surface area contributed by atoms with Crippen LogP contribution in [-0.2, 0) is 10.5 Å². The normalized spacial score (nSPS) is 15.9. The zero-order chi connectivity index (χ0) is 17.1. The lowest BCUT2D eigenvalue weighted by Crippen LogP contribution is -2.34. The van der Waals surface area contributed by atoms with Gasteiger partial charge >= 0.3 is 0 Å². The summed E-state index contributed by atoms with van der Waals surface area (Å²) >= 11 is 1.74. The monoisotopic (exact) mass is 342 g/mol. The number of rotatable bonds is 4. The lowest BCUT2D eigenvalue weighted by atomic mass is 10.1. The van der Waals surface area contributed by atoms with E-state index in [1.807, 2.05) is 30.5 Å². The highest BCUT2D eigenvalue weighted by Crippen LogP contribution is 2.32. The molecule has 1 aliphatic rings. The average Bonchev–Trinajstić information content (AvgIpc) is 2.57. The lowest BCUT2D eigenvalue weighted by molar-refractivity contribution is -0.122. The van der Waals surface area contributed by atoms with Gasteiger partial charge in [-0.3, -0.25) is 9.59 Å². The Morgan fingerprint density at radius 1 is 1.25 bits per heavy atom. The Balaban J connectivity index is 1.73. The Kier molecular flexibility index (Phi) is 4.76. The van der Waals surface area contributed by atoms with E-state index < -0.39 is 6.10 Å². The number of ether oxygens (including phenoxy) is 1. The van der Waals surface area contributed by atoms with E-state index in [4.69, 9.17) is 4.74 Å². The number of anilines is 2. The topological polar surface area (TPSA) is 67.4 Å². The number of benzene rings is 2. The third-order valence-corrected chi connectivity index (χ3v) is 4.32. The molecular weight excluding hydrogens is 324 g/mol. The van der Waals surface area contributed by atoms with Crippen molar-refractivity contribution in [1.29, 1.82) is 0 Å². The molecule has 0 radical (unpaired) electrons. The standard InChI is InChI=1S/C18H18N2O3S/c1-11-17(21)20-15-9-14(7-8-16(15)23-11)19-18(22)13-5-3-12(4-6-13)10-24-2/h3-9,11H,10H2,1-2H3,(H,19,22)(H,20,21)/t11-/m0/s1. The number of hydrogen-bond donors (Lipinski definition) is 2. The van der Waals surface area contributed by atoms with Gasteiger partial charge in [-0.15, -0.1) is 0 Å². The summed E-state index contributed by atoms with van der Waals surface area (Å²) in [6, 6.07) is 12.7. The molecule has 0 unspecified atom stereocenters. The van der Waals surface area contributed by atoms with Crippen molar-refractivity contribution in [3.05, 3.63) is 53.6 Å². The van der Waals surface area contributed by atoms with Gasteiger partial charge in [-0.25, -0.2) is 0 Å². The number of fused-ring (bicyclic) bond motifs is 1. The van der Waals surface area contributed by atoms with Gasteiger partial charge in [0.1, 0.15) is 5.75 Å². The highest BCUT2D eigenvalue weighted by molar-refractivity contribution is 7.97. The molecular formula is C18H18N2O3S. The van der Waals surface area contributed by atoms with Gasteiger partial charge < -0.3 is 15.4 Å². The maximum atomic E-state index is 12.3. The van der Waals surface area contributed by atoms with Crippen molar-refractivity contribution in [3.63, 3.8) is 0 Å². The molecule has 1 heterocycles. The molecule has 2 aromatic rings. The minimum atomic E-state index is -0.516. The van der Waals surface area contributed by atoms with Gasteiger partial charge in [0.25, 0.3) is 11.8 Å². The van der Waals surface area contributed by atoms with Gasteiger partial charge in [0.05, 0.1) is 5.69 Å². The number of thioether (sulfide) groups is 1. The molecule has 24 heavy (non-hydrogen) atoms. The van der Waals surface area contributed by atoms with Gasteiger partial charge in [0.2, 0.25) is 0 Å². The van der Waals surface area contributed by atoms with E-state index in [1.165, 1.54) is 5.56 Å². The smallest absolute Gasteiger partial charge is 0.265 e. The Morgan fingerprint density at radius 2 is 2.00 bits per heavy atom. The zero-order valence-corrected chi connectivity index (χ0v) is 14.3. The van der Waals surface area contributed by atoms with Crippen molar-refractivity contribution in [1.82, 2.24) is 0 Å². The van der Waals surface area contributed by atoms with Gasteiger partial charge in [0, 0.05) is 17.0 Å². The van der Waals surface area contributed by atoms with Crippen LogP contribution < -0.4 is 15.4 Å². The molecule has 0 saturated heterocycles. The summed E-state index contributed by atoms with van der Waals surface area (Å²) in [6.07, 6.45) is 1.53. The van der Waals surface area contributed by atoms with Crippen molar-refractivity contribution in [2.75, 3.05) is 16.9 Å². The van der Waals surface area contributed by atoms with Crippen LogP contribution in [0, 0.1) is 0 Å². The van der Waals surface area contributed by atoms with E-state index in [2.05, 4.69) is 10.6 Å². The minimum Gasteiger partial charge on any atom is -0.479 e. The van der Waals surface area contributed by atoms with E-state index in [-0.39, 0.29) is 11.8 Å². The predicted octanol–water partition coefficient (Wildman–Crippen LogP) is 3.52. The summed E-state index contributed by atoms with van der Waals surface area (Å²) in [5, 5.41) is 5.60. The molecule has 0 aliphatic carbocycles. The molecule has 2 N–H and O–H groups in total. The molecule has 2 amide bonds. The van der Waals surface area contributed by atoms with Gasteiger partial charge in [-0.1, -0.05) is 12.1 Å².